The minimum Gasteiger partial charge on any atom is -0.496 e. The number of rotatable bonds is 4. The van der Waals surface area contributed by atoms with Crippen LogP contribution in [0.2, 0.25) is 0 Å². The molecule has 0 radical (unpaired) electrons. The average molecular weight is 217 g/mol. The number of benzene rings is 1. The van der Waals surface area contributed by atoms with Gasteiger partial charge in [0, 0.05) is 6.42 Å². The van der Waals surface area contributed by atoms with E-state index in [1.165, 1.54) is 22.3 Å². The Hall–Kier alpha value is -1.49. The largest absolute Gasteiger partial charge is 0.496 e. The third-order valence-electron chi connectivity index (χ3n) is 3.03. The molecule has 0 saturated heterocycles. The molecule has 86 valence electrons. The molecule has 2 nitrogen and oxygen atoms in total. The van der Waals surface area contributed by atoms with E-state index in [0.29, 0.717) is 6.42 Å². The zero-order valence-corrected chi connectivity index (χ0v) is 10.6. The number of hydrogen-bond acceptors (Lipinski definition) is 2. The topological polar surface area (TPSA) is 33.0 Å². The van der Waals surface area contributed by atoms with E-state index in [9.17, 15) is 0 Å². The van der Waals surface area contributed by atoms with E-state index in [1.807, 2.05) is 0 Å². The number of nitriles is 1. The second-order valence-electron chi connectivity index (χ2n) is 4.16. The van der Waals surface area contributed by atoms with Crippen molar-refractivity contribution in [2.24, 2.45) is 0 Å². The van der Waals surface area contributed by atoms with Gasteiger partial charge >= 0.3 is 0 Å². The number of ether oxygens (including phenoxy) is 1. The third kappa shape index (κ3) is 2.55. The molecule has 0 N–H and O–H groups in total. The van der Waals surface area contributed by atoms with Gasteiger partial charge in [-0.1, -0.05) is 6.07 Å². The van der Waals surface area contributed by atoms with Crippen LogP contribution in [0, 0.1) is 32.1 Å². The maximum absolute atomic E-state index is 8.56. The Morgan fingerprint density at radius 1 is 1.25 bits per heavy atom. The van der Waals surface area contributed by atoms with Crippen molar-refractivity contribution in [3.63, 3.8) is 0 Å². The lowest BCUT2D eigenvalue weighted by Gasteiger charge is -2.16. The summed E-state index contributed by atoms with van der Waals surface area (Å²) in [6.07, 6.45) is 2.43. The highest BCUT2D eigenvalue weighted by Crippen LogP contribution is 2.30. The number of methoxy groups -OCH3 is 1. The Bertz CT molecular complexity index is 416. The molecule has 0 aliphatic heterocycles. The van der Waals surface area contributed by atoms with E-state index < -0.39 is 0 Å². The highest BCUT2D eigenvalue weighted by atomic mass is 16.5. The van der Waals surface area contributed by atoms with Gasteiger partial charge in [0.25, 0.3) is 0 Å². The van der Waals surface area contributed by atoms with Gasteiger partial charge in [0.15, 0.2) is 0 Å². The molecule has 0 amide bonds. The molecule has 0 heterocycles. The van der Waals surface area contributed by atoms with Crippen LogP contribution in [0.15, 0.2) is 6.07 Å². The first-order valence-electron chi connectivity index (χ1n) is 5.62. The van der Waals surface area contributed by atoms with Crippen LogP contribution >= 0.6 is 0 Å². The standard InChI is InChI=1S/C14H19NO/c1-10-9-11(2)13(7-5-6-8-15)14(16-4)12(10)3/h9H,5-7H2,1-4H3. The van der Waals surface area contributed by atoms with E-state index >= 15 is 0 Å². The first-order valence-corrected chi connectivity index (χ1v) is 5.62. The summed E-state index contributed by atoms with van der Waals surface area (Å²) in [4.78, 5) is 0. The van der Waals surface area contributed by atoms with Crippen molar-refractivity contribution in [3.05, 3.63) is 28.3 Å². The zero-order chi connectivity index (χ0) is 12.1. The molecule has 2 heteroatoms. The van der Waals surface area contributed by atoms with Crippen molar-refractivity contribution in [3.8, 4) is 11.8 Å². The van der Waals surface area contributed by atoms with Crippen LogP contribution < -0.4 is 4.74 Å². The summed E-state index contributed by atoms with van der Waals surface area (Å²) in [5.41, 5.74) is 4.98. The summed E-state index contributed by atoms with van der Waals surface area (Å²) in [7, 11) is 1.72. The summed E-state index contributed by atoms with van der Waals surface area (Å²) in [6.45, 7) is 6.29. The lowest BCUT2D eigenvalue weighted by Crippen LogP contribution is -2.00. The number of hydrogen-bond donors (Lipinski definition) is 0. The molecule has 1 aromatic rings. The lowest BCUT2D eigenvalue weighted by molar-refractivity contribution is 0.405. The van der Waals surface area contributed by atoms with Gasteiger partial charge in [0.1, 0.15) is 5.75 Å². The van der Waals surface area contributed by atoms with Gasteiger partial charge in [0.2, 0.25) is 0 Å². The molecule has 1 aromatic carbocycles. The van der Waals surface area contributed by atoms with Crippen LogP contribution in [0.1, 0.15) is 35.1 Å². The average Bonchev–Trinajstić information content (AvgIpc) is 2.26. The van der Waals surface area contributed by atoms with Gasteiger partial charge in [-0.15, -0.1) is 0 Å². The van der Waals surface area contributed by atoms with E-state index in [-0.39, 0.29) is 0 Å². The Morgan fingerprint density at radius 3 is 2.50 bits per heavy atom. The summed E-state index contributed by atoms with van der Waals surface area (Å²) >= 11 is 0. The van der Waals surface area contributed by atoms with Crippen molar-refractivity contribution >= 4 is 0 Å². The minimum absolute atomic E-state index is 0.607. The van der Waals surface area contributed by atoms with Crippen molar-refractivity contribution in [2.75, 3.05) is 7.11 Å². The third-order valence-corrected chi connectivity index (χ3v) is 3.03. The number of aryl methyl sites for hydroxylation is 2. The van der Waals surface area contributed by atoms with Crippen LogP contribution in [0.3, 0.4) is 0 Å². The molecule has 0 aliphatic carbocycles. The SMILES string of the molecule is COc1c(C)c(C)cc(C)c1CCCC#N. The smallest absolute Gasteiger partial charge is 0.125 e. The van der Waals surface area contributed by atoms with Gasteiger partial charge < -0.3 is 4.74 Å². The van der Waals surface area contributed by atoms with E-state index in [1.54, 1.807) is 7.11 Å². The fourth-order valence-corrected chi connectivity index (χ4v) is 2.04. The van der Waals surface area contributed by atoms with Gasteiger partial charge in [0.05, 0.1) is 13.2 Å². The first kappa shape index (κ1) is 12.6. The second kappa shape index (κ2) is 5.55. The number of unbranched alkanes of at least 4 members (excludes halogenated alkanes) is 1. The molecule has 0 aromatic heterocycles. The number of nitrogens with zero attached hydrogens (tertiary/aromatic N) is 1. The summed E-state index contributed by atoms with van der Waals surface area (Å²) in [6, 6.07) is 4.37. The maximum Gasteiger partial charge on any atom is 0.125 e. The molecular formula is C14H19NO. The van der Waals surface area contributed by atoms with Crippen LogP contribution in [0.5, 0.6) is 5.75 Å². The molecule has 0 aliphatic rings. The fraction of sp³-hybridized carbons (Fsp3) is 0.500. The van der Waals surface area contributed by atoms with Crippen LogP contribution in [-0.4, -0.2) is 7.11 Å². The van der Waals surface area contributed by atoms with Crippen LogP contribution in [0.25, 0.3) is 0 Å². The normalized spacial score (nSPS) is 9.94. The van der Waals surface area contributed by atoms with E-state index in [4.69, 9.17) is 10.00 Å². The molecular weight excluding hydrogens is 198 g/mol. The van der Waals surface area contributed by atoms with Crippen molar-refractivity contribution in [1.82, 2.24) is 0 Å². The van der Waals surface area contributed by atoms with Crippen LogP contribution in [-0.2, 0) is 6.42 Å². The van der Waals surface area contributed by atoms with Gasteiger partial charge in [-0.3, -0.25) is 0 Å². The van der Waals surface area contributed by atoms with Gasteiger partial charge in [-0.25, -0.2) is 0 Å². The predicted octanol–water partition coefficient (Wildman–Crippen LogP) is 3.47. The van der Waals surface area contributed by atoms with Crippen molar-refractivity contribution < 1.29 is 4.74 Å². The Labute approximate surface area is 97.9 Å². The molecule has 16 heavy (non-hydrogen) atoms. The molecule has 1 rings (SSSR count). The van der Waals surface area contributed by atoms with Crippen molar-refractivity contribution in [2.45, 2.75) is 40.0 Å². The molecule has 0 fully saturated rings. The van der Waals surface area contributed by atoms with Crippen molar-refractivity contribution in [1.29, 1.82) is 5.26 Å². The van der Waals surface area contributed by atoms with E-state index in [0.717, 1.165) is 18.6 Å². The molecule has 0 saturated carbocycles. The first-order chi connectivity index (χ1) is 7.61. The lowest BCUT2D eigenvalue weighted by atomic mass is 9.95. The summed E-state index contributed by atoms with van der Waals surface area (Å²) < 4.78 is 5.49. The maximum atomic E-state index is 8.56. The molecule has 0 unspecified atom stereocenters. The highest BCUT2D eigenvalue weighted by Gasteiger charge is 2.11. The molecule has 0 atom stereocenters. The predicted molar refractivity (Wildman–Crippen MR) is 65.8 cm³/mol. The molecule has 0 bridgehead atoms. The zero-order valence-electron chi connectivity index (χ0n) is 10.6. The monoisotopic (exact) mass is 217 g/mol. The Morgan fingerprint density at radius 2 is 1.94 bits per heavy atom. The fourth-order valence-electron chi connectivity index (χ4n) is 2.04. The highest BCUT2D eigenvalue weighted by molar-refractivity contribution is 5.49. The summed E-state index contributed by atoms with van der Waals surface area (Å²) in [5, 5.41) is 8.56. The van der Waals surface area contributed by atoms with Gasteiger partial charge in [-0.05, 0) is 55.9 Å². The summed E-state index contributed by atoms with van der Waals surface area (Å²) in [5.74, 6) is 0.996. The molecule has 0 spiro atoms. The van der Waals surface area contributed by atoms with Gasteiger partial charge in [-0.2, -0.15) is 5.26 Å². The Kier molecular flexibility index (Phi) is 4.37. The van der Waals surface area contributed by atoms with E-state index in [2.05, 4.69) is 32.9 Å². The van der Waals surface area contributed by atoms with Crippen LogP contribution in [0.4, 0.5) is 0 Å². The quantitative estimate of drug-likeness (QED) is 0.723. The second-order valence-corrected chi connectivity index (χ2v) is 4.16. The Balaban J connectivity index is 3.06. The minimum atomic E-state index is 0.607.